The van der Waals surface area contributed by atoms with Crippen LogP contribution in [0.3, 0.4) is 0 Å². The Kier molecular flexibility index (Phi) is 5.66. The number of dihydropyridines is 1. The fourth-order valence-corrected chi connectivity index (χ4v) is 6.70. The van der Waals surface area contributed by atoms with Crippen LogP contribution in [0.1, 0.15) is 50.7 Å². The number of nitrogens with one attached hydrogen (secondary N) is 1. The minimum absolute atomic E-state index is 0.918. The van der Waals surface area contributed by atoms with E-state index < -0.39 is 0 Å². The Hall–Kier alpha value is -4.10. The van der Waals surface area contributed by atoms with Gasteiger partial charge < -0.3 is 5.32 Å². The molecule has 2 aliphatic carbocycles. The van der Waals surface area contributed by atoms with Crippen LogP contribution in [0.5, 0.6) is 0 Å². The molecule has 0 saturated heterocycles. The molecule has 1 heteroatoms. The van der Waals surface area contributed by atoms with Crippen LogP contribution in [0.2, 0.25) is 0 Å². The Balaban J connectivity index is 1.50. The molecule has 0 bridgehead atoms. The van der Waals surface area contributed by atoms with Gasteiger partial charge in [0.05, 0.1) is 0 Å². The third kappa shape index (κ3) is 3.77. The van der Waals surface area contributed by atoms with Crippen LogP contribution in [0, 0.1) is 0 Å². The van der Waals surface area contributed by atoms with Crippen LogP contribution in [-0.2, 0) is 0 Å². The van der Waals surface area contributed by atoms with Crippen molar-refractivity contribution >= 4 is 38.3 Å². The van der Waals surface area contributed by atoms with E-state index in [-0.39, 0.29) is 0 Å². The van der Waals surface area contributed by atoms with Crippen LogP contribution in [0.15, 0.2) is 114 Å². The number of allylic oxidation sites excluding steroid dienone is 6. The van der Waals surface area contributed by atoms with Gasteiger partial charge in [-0.2, -0.15) is 0 Å². The lowest BCUT2D eigenvalue weighted by atomic mass is 9.80. The first-order chi connectivity index (χ1) is 18.7. The molecule has 0 atom stereocenters. The van der Waals surface area contributed by atoms with Crippen LogP contribution in [0.4, 0.5) is 0 Å². The highest BCUT2D eigenvalue weighted by molar-refractivity contribution is 6.16. The van der Waals surface area contributed by atoms with Gasteiger partial charge in [-0.3, -0.25) is 0 Å². The molecule has 0 fully saturated rings. The van der Waals surface area contributed by atoms with Gasteiger partial charge in [-0.15, -0.1) is 0 Å². The lowest BCUT2D eigenvalue weighted by molar-refractivity contribution is 0.849. The summed E-state index contributed by atoms with van der Waals surface area (Å²) in [5.41, 5.74) is 11.3. The maximum atomic E-state index is 3.57. The molecule has 186 valence electrons. The predicted octanol–water partition coefficient (Wildman–Crippen LogP) is 7.69. The van der Waals surface area contributed by atoms with Gasteiger partial charge in [0.1, 0.15) is 0 Å². The molecule has 1 heterocycles. The molecule has 0 aromatic heterocycles. The minimum atomic E-state index is 0.918. The van der Waals surface area contributed by atoms with E-state index in [4.69, 9.17) is 0 Å². The lowest BCUT2D eigenvalue weighted by Crippen LogP contribution is -2.31. The molecule has 1 aliphatic heterocycles. The second kappa shape index (κ2) is 9.33. The van der Waals surface area contributed by atoms with Crippen LogP contribution >= 0.6 is 0 Å². The zero-order valence-electron chi connectivity index (χ0n) is 22.3. The van der Waals surface area contributed by atoms with Crippen molar-refractivity contribution in [1.82, 2.24) is 5.32 Å². The summed E-state index contributed by atoms with van der Waals surface area (Å²) in [6.07, 6.45) is 13.6. The maximum absolute atomic E-state index is 3.57. The zero-order valence-corrected chi connectivity index (χ0v) is 22.3. The van der Waals surface area contributed by atoms with Gasteiger partial charge in [-0.1, -0.05) is 102 Å². The van der Waals surface area contributed by atoms with Crippen molar-refractivity contribution in [2.24, 2.45) is 0 Å². The number of benzene rings is 4. The van der Waals surface area contributed by atoms with E-state index in [1.165, 1.54) is 76.7 Å². The Morgan fingerprint density at radius 2 is 1.16 bits per heavy atom. The molecule has 3 aliphatic rings. The number of fused-ring (bicyclic) bond motifs is 3. The fraction of sp³-hybridized carbons (Fsp3) is 0.189. The largest absolute Gasteiger partial charge is 0.381 e. The molecule has 1 N–H and O–H groups in total. The second-order valence-electron chi connectivity index (χ2n) is 10.9. The van der Waals surface area contributed by atoms with E-state index in [1.54, 1.807) is 0 Å². The molecule has 0 amide bonds. The first kappa shape index (κ1) is 23.0. The summed E-state index contributed by atoms with van der Waals surface area (Å²) in [6.45, 7) is 5.40. The third-order valence-electron chi connectivity index (χ3n) is 8.60. The van der Waals surface area contributed by atoms with E-state index >= 15 is 0 Å². The standard InChI is InChI=1S/C37H33N/c1-24-21-22-38-35(23-24)26-16-18-27(19-17-26)36-30-11-5-7-13-32(30)37(33-14-8-6-12-31(33)36)34-20-15-25(2)28-9-3-4-10-29(28)34/h3-14,16,18,21,23,38H,15,17,19-20,22H2,1-2H3. The molecule has 4 aromatic carbocycles. The van der Waals surface area contributed by atoms with Crippen LogP contribution < -0.4 is 15.8 Å². The topological polar surface area (TPSA) is 12.0 Å². The first-order valence-electron chi connectivity index (χ1n) is 13.9. The molecule has 7 rings (SSSR count). The maximum Gasteiger partial charge on any atom is 0.0377 e. The lowest BCUT2D eigenvalue weighted by Gasteiger charge is -2.24. The average Bonchev–Trinajstić information content (AvgIpc) is 2.97. The highest BCUT2D eigenvalue weighted by Gasteiger charge is 2.22. The SMILES string of the molecule is CC1=CCNC(C2=CC=C(c3c4ccccc4c(C4=c5ccccc5=C(C)CC4)c4ccccc34)CC2)=C1. The molecular weight excluding hydrogens is 458 g/mol. The monoisotopic (exact) mass is 491 g/mol. The van der Waals surface area contributed by atoms with Crippen molar-refractivity contribution in [2.75, 3.05) is 6.54 Å². The van der Waals surface area contributed by atoms with Crippen molar-refractivity contribution in [1.29, 1.82) is 0 Å². The average molecular weight is 492 g/mol. The number of hydrogen-bond donors (Lipinski definition) is 1. The Morgan fingerprint density at radius 1 is 0.579 bits per heavy atom. The van der Waals surface area contributed by atoms with E-state index in [0.29, 0.717) is 0 Å². The Labute approximate surface area is 224 Å². The summed E-state index contributed by atoms with van der Waals surface area (Å²) in [5.74, 6) is 0. The minimum Gasteiger partial charge on any atom is -0.381 e. The van der Waals surface area contributed by atoms with Crippen molar-refractivity contribution in [3.05, 3.63) is 136 Å². The van der Waals surface area contributed by atoms with Crippen molar-refractivity contribution in [3.8, 4) is 0 Å². The van der Waals surface area contributed by atoms with Crippen LogP contribution in [-0.4, -0.2) is 6.54 Å². The summed E-state index contributed by atoms with van der Waals surface area (Å²) >= 11 is 0. The van der Waals surface area contributed by atoms with Gasteiger partial charge in [0.25, 0.3) is 0 Å². The van der Waals surface area contributed by atoms with Crippen molar-refractivity contribution < 1.29 is 0 Å². The molecule has 0 radical (unpaired) electrons. The number of hydrogen-bond acceptors (Lipinski definition) is 1. The van der Waals surface area contributed by atoms with Gasteiger partial charge in [-0.25, -0.2) is 0 Å². The molecule has 4 aromatic rings. The Morgan fingerprint density at radius 3 is 1.79 bits per heavy atom. The third-order valence-corrected chi connectivity index (χ3v) is 8.60. The normalized spacial score (nSPS) is 17.4. The zero-order chi connectivity index (χ0) is 25.6. The van der Waals surface area contributed by atoms with Gasteiger partial charge >= 0.3 is 0 Å². The van der Waals surface area contributed by atoms with Gasteiger partial charge in [0, 0.05) is 12.2 Å². The van der Waals surface area contributed by atoms with Gasteiger partial charge in [0.15, 0.2) is 0 Å². The summed E-state index contributed by atoms with van der Waals surface area (Å²) in [5, 5.41) is 11.9. The molecule has 0 saturated carbocycles. The number of rotatable bonds is 3. The Bertz CT molecular complexity index is 1820. The van der Waals surface area contributed by atoms with E-state index in [9.17, 15) is 0 Å². The molecular formula is C37H33N. The van der Waals surface area contributed by atoms with E-state index in [0.717, 1.165) is 32.2 Å². The summed E-state index contributed by atoms with van der Waals surface area (Å²) in [7, 11) is 0. The van der Waals surface area contributed by atoms with Gasteiger partial charge in [0.2, 0.25) is 0 Å². The summed E-state index contributed by atoms with van der Waals surface area (Å²) < 4.78 is 0. The summed E-state index contributed by atoms with van der Waals surface area (Å²) in [6, 6.07) is 27.2. The molecule has 0 spiro atoms. The first-order valence-corrected chi connectivity index (χ1v) is 13.9. The molecule has 1 nitrogen and oxygen atoms in total. The molecule has 0 unspecified atom stereocenters. The quantitative estimate of drug-likeness (QED) is 0.290. The molecule has 38 heavy (non-hydrogen) atoms. The van der Waals surface area contributed by atoms with Crippen molar-refractivity contribution in [2.45, 2.75) is 39.5 Å². The highest BCUT2D eigenvalue weighted by Crippen LogP contribution is 2.43. The van der Waals surface area contributed by atoms with E-state index in [1.807, 2.05) is 0 Å². The van der Waals surface area contributed by atoms with Crippen molar-refractivity contribution in [3.63, 3.8) is 0 Å². The summed E-state index contributed by atoms with van der Waals surface area (Å²) in [4.78, 5) is 0. The van der Waals surface area contributed by atoms with E-state index in [2.05, 4.69) is 116 Å². The fourth-order valence-electron chi connectivity index (χ4n) is 6.70. The predicted molar refractivity (Wildman–Crippen MR) is 163 cm³/mol. The second-order valence-corrected chi connectivity index (χ2v) is 10.9. The van der Waals surface area contributed by atoms with Crippen LogP contribution in [0.25, 0.3) is 38.3 Å². The van der Waals surface area contributed by atoms with Gasteiger partial charge in [-0.05, 0) is 105 Å². The highest BCUT2D eigenvalue weighted by atomic mass is 14.9. The smallest absolute Gasteiger partial charge is 0.0377 e.